The predicted molar refractivity (Wildman–Crippen MR) is 107 cm³/mol. The van der Waals surface area contributed by atoms with Crippen molar-refractivity contribution in [2.75, 3.05) is 6.54 Å². The molecule has 0 radical (unpaired) electrons. The van der Waals surface area contributed by atoms with Crippen molar-refractivity contribution in [3.05, 3.63) is 34.8 Å². The molecule has 0 spiro atoms. The number of pyridine rings is 1. The van der Waals surface area contributed by atoms with Gasteiger partial charge in [-0.3, -0.25) is 9.48 Å². The van der Waals surface area contributed by atoms with Gasteiger partial charge >= 0.3 is 5.97 Å². The zero-order valence-electron chi connectivity index (χ0n) is 16.0. The molecule has 7 nitrogen and oxygen atoms in total. The largest absolute Gasteiger partial charge is 0.480 e. The van der Waals surface area contributed by atoms with Crippen molar-refractivity contribution in [1.29, 1.82) is 0 Å². The van der Waals surface area contributed by atoms with Crippen molar-refractivity contribution in [3.63, 3.8) is 0 Å². The summed E-state index contributed by atoms with van der Waals surface area (Å²) >= 11 is 1.55. The summed E-state index contributed by atoms with van der Waals surface area (Å²) in [5, 5.41) is 16.8. The fourth-order valence-electron chi connectivity index (χ4n) is 3.94. The van der Waals surface area contributed by atoms with E-state index in [0.717, 1.165) is 11.3 Å². The first kappa shape index (κ1) is 18.6. The van der Waals surface area contributed by atoms with E-state index in [2.05, 4.69) is 5.10 Å². The molecule has 28 heavy (non-hydrogen) atoms. The van der Waals surface area contributed by atoms with Crippen LogP contribution in [0.5, 0.6) is 0 Å². The van der Waals surface area contributed by atoms with Crippen molar-refractivity contribution in [1.82, 2.24) is 19.7 Å². The topological polar surface area (TPSA) is 88.3 Å². The van der Waals surface area contributed by atoms with Crippen LogP contribution in [0.1, 0.15) is 35.8 Å². The Balaban J connectivity index is 1.87. The molecule has 1 aliphatic rings. The lowest BCUT2D eigenvalue weighted by atomic mass is 9.91. The zero-order valence-corrected chi connectivity index (χ0v) is 16.9. The Hall–Kier alpha value is -2.74. The zero-order chi connectivity index (χ0) is 20.0. The first-order valence-electron chi connectivity index (χ1n) is 9.28. The van der Waals surface area contributed by atoms with Gasteiger partial charge in [-0.25, -0.2) is 9.78 Å². The van der Waals surface area contributed by atoms with E-state index in [9.17, 15) is 14.7 Å². The molecule has 1 saturated heterocycles. The summed E-state index contributed by atoms with van der Waals surface area (Å²) in [7, 11) is 1.80. The molecule has 146 valence electrons. The number of thiophene rings is 1. The smallest absolute Gasteiger partial charge is 0.326 e. The molecular weight excluding hydrogens is 376 g/mol. The molecule has 1 aliphatic heterocycles. The average Bonchev–Trinajstić information content (AvgIpc) is 3.29. The molecule has 1 fully saturated rings. The number of piperidine rings is 1. The highest BCUT2D eigenvalue weighted by Gasteiger charge is 2.36. The van der Waals surface area contributed by atoms with Crippen LogP contribution in [-0.2, 0) is 11.8 Å². The number of hydrogen-bond acceptors (Lipinski definition) is 5. The van der Waals surface area contributed by atoms with Crippen LogP contribution in [0, 0.1) is 12.8 Å². The third-order valence-electron chi connectivity index (χ3n) is 5.38. The summed E-state index contributed by atoms with van der Waals surface area (Å²) in [6.07, 6.45) is 1.27. The molecule has 4 rings (SSSR count). The fourth-order valence-corrected chi connectivity index (χ4v) is 4.62. The molecule has 3 aromatic heterocycles. The minimum Gasteiger partial charge on any atom is -0.480 e. The number of carbonyl (C=O) groups excluding carboxylic acids is 1. The van der Waals surface area contributed by atoms with Gasteiger partial charge in [-0.05, 0) is 43.2 Å². The van der Waals surface area contributed by atoms with Gasteiger partial charge in [-0.2, -0.15) is 5.10 Å². The van der Waals surface area contributed by atoms with E-state index in [4.69, 9.17) is 4.98 Å². The van der Waals surface area contributed by atoms with E-state index in [1.54, 1.807) is 29.1 Å². The SMILES string of the molecule is Cc1nn(C)c2nc(-c3cccs3)cc(C(=O)N3CCC(C)CC3C(=O)O)c12. The summed E-state index contributed by atoms with van der Waals surface area (Å²) in [5.41, 5.74) is 2.51. The van der Waals surface area contributed by atoms with Gasteiger partial charge in [0.2, 0.25) is 0 Å². The van der Waals surface area contributed by atoms with Gasteiger partial charge in [-0.15, -0.1) is 11.3 Å². The number of amides is 1. The summed E-state index contributed by atoms with van der Waals surface area (Å²) < 4.78 is 1.67. The molecule has 0 bridgehead atoms. The van der Waals surface area contributed by atoms with Gasteiger partial charge in [0.1, 0.15) is 6.04 Å². The second-order valence-corrected chi connectivity index (χ2v) is 8.37. The van der Waals surface area contributed by atoms with Gasteiger partial charge in [0.15, 0.2) is 5.65 Å². The van der Waals surface area contributed by atoms with E-state index < -0.39 is 12.0 Å². The van der Waals surface area contributed by atoms with Crippen LogP contribution in [0.3, 0.4) is 0 Å². The molecule has 2 atom stereocenters. The predicted octanol–water partition coefficient (Wildman–Crippen LogP) is 3.33. The quantitative estimate of drug-likeness (QED) is 0.731. The normalized spacial score (nSPS) is 19.9. The lowest BCUT2D eigenvalue weighted by molar-refractivity contribution is -0.144. The number of carboxylic acid groups (broad SMARTS) is 1. The number of nitrogens with zero attached hydrogens (tertiary/aromatic N) is 4. The Morgan fingerprint density at radius 1 is 1.36 bits per heavy atom. The Bertz CT molecular complexity index is 1060. The van der Waals surface area contributed by atoms with E-state index in [-0.39, 0.29) is 11.8 Å². The molecule has 0 aromatic carbocycles. The fraction of sp³-hybridized carbons (Fsp3) is 0.400. The molecule has 3 aromatic rings. The van der Waals surface area contributed by atoms with Crippen molar-refractivity contribution in [2.45, 2.75) is 32.7 Å². The first-order chi connectivity index (χ1) is 13.4. The van der Waals surface area contributed by atoms with Crippen LogP contribution in [0.15, 0.2) is 23.6 Å². The molecule has 4 heterocycles. The molecule has 8 heteroatoms. The van der Waals surface area contributed by atoms with E-state index in [1.165, 1.54) is 4.90 Å². The Morgan fingerprint density at radius 2 is 2.14 bits per heavy atom. The highest BCUT2D eigenvalue weighted by Crippen LogP contribution is 2.32. The number of fused-ring (bicyclic) bond motifs is 1. The maximum Gasteiger partial charge on any atom is 0.326 e. The number of carboxylic acids is 1. The van der Waals surface area contributed by atoms with E-state index in [1.807, 2.05) is 31.4 Å². The van der Waals surface area contributed by atoms with Crippen molar-refractivity contribution >= 4 is 34.2 Å². The van der Waals surface area contributed by atoms with Gasteiger partial charge < -0.3 is 10.0 Å². The van der Waals surface area contributed by atoms with E-state index >= 15 is 0 Å². The van der Waals surface area contributed by atoms with E-state index in [0.29, 0.717) is 41.0 Å². The van der Waals surface area contributed by atoms with Crippen LogP contribution in [-0.4, -0.2) is 49.2 Å². The lowest BCUT2D eigenvalue weighted by Crippen LogP contribution is -2.49. The monoisotopic (exact) mass is 398 g/mol. The lowest BCUT2D eigenvalue weighted by Gasteiger charge is -2.36. The standard InChI is InChI=1S/C20H22N4O3S/c1-11-6-7-24(15(9-11)20(26)27)19(25)13-10-14(16-5-4-8-28-16)21-18-17(13)12(2)22-23(18)3/h4-5,8,10-11,15H,6-7,9H2,1-3H3,(H,26,27). The Kier molecular flexibility index (Phi) is 4.66. The second-order valence-electron chi connectivity index (χ2n) is 7.42. The highest BCUT2D eigenvalue weighted by atomic mass is 32.1. The van der Waals surface area contributed by atoms with Gasteiger partial charge in [0.05, 0.1) is 27.2 Å². The molecule has 2 unspecified atom stereocenters. The highest BCUT2D eigenvalue weighted by molar-refractivity contribution is 7.13. The van der Waals surface area contributed by atoms with Crippen LogP contribution in [0.4, 0.5) is 0 Å². The van der Waals surface area contributed by atoms with Crippen LogP contribution >= 0.6 is 11.3 Å². The minimum absolute atomic E-state index is 0.263. The number of aliphatic carboxylic acids is 1. The number of aromatic nitrogens is 3. The average molecular weight is 398 g/mol. The number of likely N-dealkylation sites (tertiary alicyclic amines) is 1. The van der Waals surface area contributed by atoms with Gasteiger partial charge in [0.25, 0.3) is 5.91 Å². The van der Waals surface area contributed by atoms with Crippen molar-refractivity contribution < 1.29 is 14.7 Å². The number of aryl methyl sites for hydroxylation is 2. The summed E-state index contributed by atoms with van der Waals surface area (Å²) in [6, 6.07) is 4.87. The number of rotatable bonds is 3. The van der Waals surface area contributed by atoms with Crippen molar-refractivity contribution in [3.8, 4) is 10.6 Å². The Labute approximate surface area is 166 Å². The van der Waals surface area contributed by atoms with Gasteiger partial charge in [-0.1, -0.05) is 13.0 Å². The molecule has 1 amide bonds. The Morgan fingerprint density at radius 3 is 2.82 bits per heavy atom. The van der Waals surface area contributed by atoms with Crippen LogP contribution < -0.4 is 0 Å². The molecular formula is C20H22N4O3S. The third-order valence-corrected chi connectivity index (χ3v) is 6.28. The number of hydrogen-bond donors (Lipinski definition) is 1. The maximum absolute atomic E-state index is 13.5. The maximum atomic E-state index is 13.5. The molecule has 0 saturated carbocycles. The third kappa shape index (κ3) is 3.07. The van der Waals surface area contributed by atoms with Gasteiger partial charge in [0, 0.05) is 13.6 Å². The summed E-state index contributed by atoms with van der Waals surface area (Å²) in [4.78, 5) is 32.5. The summed E-state index contributed by atoms with van der Waals surface area (Å²) in [6.45, 7) is 4.32. The van der Waals surface area contributed by atoms with Crippen LogP contribution in [0.2, 0.25) is 0 Å². The summed E-state index contributed by atoms with van der Waals surface area (Å²) in [5.74, 6) is -0.934. The first-order valence-corrected chi connectivity index (χ1v) is 10.2. The molecule has 0 aliphatic carbocycles. The van der Waals surface area contributed by atoms with Crippen molar-refractivity contribution in [2.24, 2.45) is 13.0 Å². The second kappa shape index (κ2) is 7.01. The number of carbonyl (C=O) groups is 2. The minimum atomic E-state index is -0.952. The van der Waals surface area contributed by atoms with Crippen LogP contribution in [0.25, 0.3) is 21.6 Å². The molecule has 1 N–H and O–H groups in total.